The van der Waals surface area contributed by atoms with Crippen LogP contribution in [0.5, 0.6) is 0 Å². The first-order valence-electron chi connectivity index (χ1n) is 9.51. The van der Waals surface area contributed by atoms with Gasteiger partial charge in [-0.25, -0.2) is 14.6 Å². The molecular formula is C21H27N3O5S2. The minimum absolute atomic E-state index is 0.190. The number of benzene rings is 1. The first-order chi connectivity index (χ1) is 14.4. The lowest BCUT2D eigenvalue weighted by Gasteiger charge is -2.26. The maximum atomic E-state index is 12.8. The van der Waals surface area contributed by atoms with Gasteiger partial charge in [-0.1, -0.05) is 35.1 Å². The van der Waals surface area contributed by atoms with Crippen LogP contribution in [0.25, 0.3) is 0 Å². The van der Waals surface area contributed by atoms with E-state index in [1.165, 1.54) is 25.6 Å². The van der Waals surface area contributed by atoms with Crippen molar-refractivity contribution in [1.29, 1.82) is 0 Å². The Labute approximate surface area is 190 Å². The molecule has 1 atom stereocenters. The van der Waals surface area contributed by atoms with Gasteiger partial charge in [0.25, 0.3) is 0 Å². The number of carbonyl (C=O) groups excluding carboxylic acids is 2. The molecule has 0 radical (unpaired) electrons. The van der Waals surface area contributed by atoms with E-state index in [9.17, 15) is 9.59 Å². The van der Waals surface area contributed by atoms with Gasteiger partial charge >= 0.3 is 11.9 Å². The summed E-state index contributed by atoms with van der Waals surface area (Å²) in [5.41, 5.74) is 3.07. The number of nitrogen functional groups attached to an aromatic ring is 1. The molecule has 0 aliphatic carbocycles. The number of hydrogen-bond donors (Lipinski definition) is 1. The Morgan fingerprint density at radius 2 is 1.81 bits per heavy atom. The van der Waals surface area contributed by atoms with Crippen LogP contribution < -0.4 is 5.73 Å². The van der Waals surface area contributed by atoms with Crippen LogP contribution in [0.2, 0.25) is 0 Å². The van der Waals surface area contributed by atoms with Crippen molar-refractivity contribution in [2.75, 3.05) is 5.73 Å². The fourth-order valence-electron chi connectivity index (χ4n) is 2.10. The van der Waals surface area contributed by atoms with Crippen LogP contribution in [0.15, 0.2) is 45.8 Å². The number of carbonyl (C=O) groups is 2. The summed E-state index contributed by atoms with van der Waals surface area (Å²) in [6.45, 7) is 9.98. The molecule has 1 aromatic carbocycles. The van der Waals surface area contributed by atoms with E-state index in [-0.39, 0.29) is 16.5 Å². The number of esters is 2. The summed E-state index contributed by atoms with van der Waals surface area (Å²) in [6, 6.07) is 9.53. The Bertz CT molecular complexity index is 936. The number of anilines is 1. The third kappa shape index (κ3) is 7.87. The molecular weight excluding hydrogens is 438 g/mol. The fraction of sp³-hybridized carbons (Fsp3) is 0.429. The van der Waals surface area contributed by atoms with Crippen molar-refractivity contribution >= 4 is 45.9 Å². The number of thiazole rings is 1. The van der Waals surface area contributed by atoms with E-state index in [1.807, 2.05) is 30.3 Å². The van der Waals surface area contributed by atoms with Gasteiger partial charge in [0, 0.05) is 10.3 Å². The van der Waals surface area contributed by atoms with Gasteiger partial charge in [-0.15, -0.1) is 11.3 Å². The first-order valence-corrected chi connectivity index (χ1v) is 11.3. The number of aromatic nitrogens is 1. The molecule has 0 aliphatic rings. The monoisotopic (exact) mass is 465 g/mol. The van der Waals surface area contributed by atoms with Gasteiger partial charge in [0.1, 0.15) is 16.7 Å². The Morgan fingerprint density at radius 1 is 1.16 bits per heavy atom. The zero-order valence-corrected chi connectivity index (χ0v) is 20.0. The number of oxime groups is 1. The molecule has 1 aromatic heterocycles. The molecule has 0 saturated heterocycles. The van der Waals surface area contributed by atoms with Gasteiger partial charge in [-0.2, -0.15) is 0 Å². The first kappa shape index (κ1) is 24.7. The number of hydrogen-bond acceptors (Lipinski definition) is 10. The lowest BCUT2D eigenvalue weighted by Crippen LogP contribution is -2.40. The Morgan fingerprint density at radius 3 is 2.35 bits per heavy atom. The lowest BCUT2D eigenvalue weighted by atomic mass is 10.1. The summed E-state index contributed by atoms with van der Waals surface area (Å²) >= 11 is 2.51. The highest BCUT2D eigenvalue weighted by molar-refractivity contribution is 7.99. The Balaban J connectivity index is 2.18. The minimum Gasteiger partial charge on any atom is -0.457 e. The van der Waals surface area contributed by atoms with Crippen molar-refractivity contribution in [1.82, 2.24) is 4.98 Å². The molecule has 168 valence electrons. The molecule has 10 heteroatoms. The quantitative estimate of drug-likeness (QED) is 0.202. The Hall–Kier alpha value is -2.59. The molecule has 0 aliphatic heterocycles. The Kier molecular flexibility index (Phi) is 8.08. The van der Waals surface area contributed by atoms with Crippen molar-refractivity contribution < 1.29 is 23.9 Å². The van der Waals surface area contributed by atoms with Gasteiger partial charge < -0.3 is 20.0 Å². The molecule has 31 heavy (non-hydrogen) atoms. The van der Waals surface area contributed by atoms with Crippen molar-refractivity contribution in [3.8, 4) is 0 Å². The van der Waals surface area contributed by atoms with Crippen LogP contribution >= 0.6 is 23.1 Å². The van der Waals surface area contributed by atoms with E-state index in [1.54, 1.807) is 33.1 Å². The van der Waals surface area contributed by atoms with Crippen LogP contribution in [0.1, 0.15) is 47.2 Å². The van der Waals surface area contributed by atoms with Crippen LogP contribution in [0.4, 0.5) is 5.13 Å². The summed E-state index contributed by atoms with van der Waals surface area (Å²) in [5, 5.41) is 5.73. The topological polar surface area (TPSA) is 113 Å². The predicted molar refractivity (Wildman–Crippen MR) is 122 cm³/mol. The summed E-state index contributed by atoms with van der Waals surface area (Å²) in [7, 11) is 0. The van der Waals surface area contributed by atoms with Gasteiger partial charge in [-0.3, -0.25) is 0 Å². The molecule has 0 bridgehead atoms. The second-order valence-corrected chi connectivity index (χ2v) is 10.3. The average Bonchev–Trinajstić information content (AvgIpc) is 3.07. The van der Waals surface area contributed by atoms with Crippen LogP contribution in [0, 0.1) is 0 Å². The molecule has 0 spiro atoms. The van der Waals surface area contributed by atoms with Gasteiger partial charge in [-0.05, 0) is 53.7 Å². The molecule has 1 heterocycles. The molecule has 8 nitrogen and oxygen atoms in total. The zero-order chi connectivity index (χ0) is 23.2. The SMILES string of the molecule is CC(OC(=O)C(=NOC(C)(C)C(=O)OC(C)(C)C)c1csc(N)n1)Sc1ccccc1. The molecule has 0 amide bonds. The largest absolute Gasteiger partial charge is 0.457 e. The zero-order valence-electron chi connectivity index (χ0n) is 18.4. The normalized spacial score (nSPS) is 13.4. The van der Waals surface area contributed by atoms with Gasteiger partial charge in [0.2, 0.25) is 11.3 Å². The van der Waals surface area contributed by atoms with E-state index >= 15 is 0 Å². The third-order valence-electron chi connectivity index (χ3n) is 3.53. The summed E-state index contributed by atoms with van der Waals surface area (Å²) in [6.07, 6.45) is 0. The molecule has 2 aromatic rings. The number of thioether (sulfide) groups is 1. The van der Waals surface area contributed by atoms with Crippen LogP contribution in [-0.4, -0.2) is 39.3 Å². The summed E-state index contributed by atoms with van der Waals surface area (Å²) in [5.74, 6) is -1.37. The molecule has 1 unspecified atom stereocenters. The van der Waals surface area contributed by atoms with Gasteiger partial charge in [0.15, 0.2) is 5.13 Å². The number of rotatable bonds is 8. The van der Waals surface area contributed by atoms with Gasteiger partial charge in [0.05, 0.1) is 0 Å². The van der Waals surface area contributed by atoms with Crippen LogP contribution in [0.3, 0.4) is 0 Å². The van der Waals surface area contributed by atoms with E-state index in [0.29, 0.717) is 0 Å². The van der Waals surface area contributed by atoms with E-state index in [2.05, 4.69) is 10.1 Å². The lowest BCUT2D eigenvalue weighted by molar-refractivity contribution is -0.179. The maximum Gasteiger partial charge on any atom is 0.363 e. The highest BCUT2D eigenvalue weighted by atomic mass is 32.2. The predicted octanol–water partition coefficient (Wildman–Crippen LogP) is 4.25. The second-order valence-electron chi connectivity index (χ2n) is 8.02. The summed E-state index contributed by atoms with van der Waals surface area (Å²) in [4.78, 5) is 35.7. The second kappa shape index (κ2) is 10.1. The summed E-state index contributed by atoms with van der Waals surface area (Å²) < 4.78 is 10.9. The number of nitrogens with zero attached hydrogens (tertiary/aromatic N) is 2. The molecule has 2 rings (SSSR count). The van der Waals surface area contributed by atoms with E-state index < -0.39 is 28.6 Å². The third-order valence-corrected chi connectivity index (χ3v) is 5.18. The highest BCUT2D eigenvalue weighted by Crippen LogP contribution is 2.24. The highest BCUT2D eigenvalue weighted by Gasteiger charge is 2.36. The van der Waals surface area contributed by atoms with Crippen molar-refractivity contribution in [3.05, 3.63) is 41.4 Å². The fourth-order valence-corrected chi connectivity index (χ4v) is 3.49. The maximum absolute atomic E-state index is 12.8. The molecule has 2 N–H and O–H groups in total. The minimum atomic E-state index is -1.44. The van der Waals surface area contributed by atoms with Crippen molar-refractivity contribution in [3.63, 3.8) is 0 Å². The van der Waals surface area contributed by atoms with E-state index in [4.69, 9.17) is 20.0 Å². The number of ether oxygens (including phenoxy) is 2. The average molecular weight is 466 g/mol. The van der Waals surface area contributed by atoms with Crippen molar-refractivity contribution in [2.45, 2.75) is 63.1 Å². The smallest absolute Gasteiger partial charge is 0.363 e. The van der Waals surface area contributed by atoms with Crippen molar-refractivity contribution in [2.24, 2.45) is 5.16 Å². The molecule has 0 fully saturated rings. The number of nitrogens with two attached hydrogens (primary N) is 1. The van der Waals surface area contributed by atoms with E-state index in [0.717, 1.165) is 16.2 Å². The molecule has 0 saturated carbocycles. The standard InChI is InChI=1S/C21H27N3O5S2/c1-13(31-14-10-8-7-9-11-14)27-17(25)16(15-12-30-19(22)23-15)24-29-21(5,6)18(26)28-20(2,3)4/h7-13H,1-6H3,(H2,22,23). The van der Waals surface area contributed by atoms with Crippen LogP contribution in [-0.2, 0) is 23.9 Å².